The highest BCUT2D eigenvalue weighted by Crippen LogP contribution is 2.16. The van der Waals surface area contributed by atoms with Crippen molar-refractivity contribution in [2.75, 3.05) is 19.8 Å². The number of nitrogens with one attached hydrogen (secondary N) is 1. The first kappa shape index (κ1) is 16.8. The van der Waals surface area contributed by atoms with Crippen LogP contribution in [0, 0.1) is 11.6 Å². The number of rotatable bonds is 7. The predicted octanol–water partition coefficient (Wildman–Crippen LogP) is 3.06. The predicted molar refractivity (Wildman–Crippen MR) is 64.4 cm³/mol. The summed E-state index contributed by atoms with van der Waals surface area (Å²) in [5.41, 5.74) is -0.158. The number of benzene rings is 1. The van der Waals surface area contributed by atoms with Crippen molar-refractivity contribution in [2.24, 2.45) is 0 Å². The fraction of sp³-hybridized carbons (Fsp3) is 0.538. The molecule has 0 radical (unpaired) electrons. The first-order chi connectivity index (χ1) is 9.33. The number of hydrogen-bond donors (Lipinski definition) is 1. The average Bonchev–Trinajstić information content (AvgIpc) is 2.32. The van der Waals surface area contributed by atoms with Crippen LogP contribution < -0.4 is 5.32 Å². The first-order valence-electron chi connectivity index (χ1n) is 6.14. The van der Waals surface area contributed by atoms with Crippen LogP contribution in [-0.4, -0.2) is 32.0 Å². The van der Waals surface area contributed by atoms with Gasteiger partial charge in [-0.15, -0.1) is 0 Å². The van der Waals surface area contributed by atoms with Crippen molar-refractivity contribution >= 4 is 0 Å². The van der Waals surface area contributed by atoms with Crippen molar-refractivity contribution < 1.29 is 26.7 Å². The van der Waals surface area contributed by atoms with Crippen molar-refractivity contribution in [3.05, 3.63) is 35.4 Å². The fourth-order valence-electron chi connectivity index (χ4n) is 1.77. The average molecular weight is 297 g/mol. The van der Waals surface area contributed by atoms with Gasteiger partial charge in [0.05, 0.1) is 6.61 Å². The van der Waals surface area contributed by atoms with Crippen LogP contribution in [0.15, 0.2) is 18.2 Å². The van der Waals surface area contributed by atoms with E-state index in [2.05, 4.69) is 10.1 Å². The largest absolute Gasteiger partial charge is 0.411 e. The SMILES string of the molecule is CCNC(COCC(F)(F)F)Cc1c(F)cccc1F. The molecular formula is C13H16F5NO. The third-order valence-electron chi connectivity index (χ3n) is 2.59. The number of likely N-dealkylation sites (N-methyl/N-ethyl adjacent to an activating group) is 1. The second kappa shape index (κ2) is 7.54. The third kappa shape index (κ3) is 5.83. The van der Waals surface area contributed by atoms with Crippen LogP contribution in [0.5, 0.6) is 0 Å². The van der Waals surface area contributed by atoms with Gasteiger partial charge in [0.2, 0.25) is 0 Å². The molecule has 1 N–H and O–H groups in total. The van der Waals surface area contributed by atoms with Crippen molar-refractivity contribution in [3.63, 3.8) is 0 Å². The van der Waals surface area contributed by atoms with Crippen LogP contribution >= 0.6 is 0 Å². The van der Waals surface area contributed by atoms with Gasteiger partial charge in [0, 0.05) is 11.6 Å². The number of ether oxygens (including phenoxy) is 1. The van der Waals surface area contributed by atoms with Crippen molar-refractivity contribution in [1.29, 1.82) is 0 Å². The molecule has 0 heterocycles. The minimum absolute atomic E-state index is 0.0792. The maximum atomic E-state index is 13.5. The molecular weight excluding hydrogens is 281 g/mol. The van der Waals surface area contributed by atoms with E-state index in [0.717, 1.165) is 12.1 Å². The van der Waals surface area contributed by atoms with E-state index in [1.54, 1.807) is 6.92 Å². The smallest absolute Gasteiger partial charge is 0.370 e. The maximum absolute atomic E-state index is 13.5. The summed E-state index contributed by atoms with van der Waals surface area (Å²) in [6.07, 6.45) is -4.50. The lowest BCUT2D eigenvalue weighted by Gasteiger charge is -2.19. The Morgan fingerprint density at radius 3 is 2.30 bits per heavy atom. The molecule has 0 aromatic heterocycles. The Balaban J connectivity index is 2.63. The molecule has 20 heavy (non-hydrogen) atoms. The van der Waals surface area contributed by atoms with E-state index in [-0.39, 0.29) is 18.6 Å². The summed E-state index contributed by atoms with van der Waals surface area (Å²) in [6.45, 7) is 0.542. The van der Waals surface area contributed by atoms with Gasteiger partial charge in [-0.25, -0.2) is 8.78 Å². The lowest BCUT2D eigenvalue weighted by Crippen LogP contribution is -2.37. The quantitative estimate of drug-likeness (QED) is 0.781. The van der Waals surface area contributed by atoms with E-state index < -0.39 is 30.5 Å². The number of halogens is 5. The van der Waals surface area contributed by atoms with Crippen LogP contribution in [0.1, 0.15) is 12.5 Å². The standard InChI is InChI=1S/C13H16F5NO/c1-2-19-9(7-20-8-13(16,17)18)6-10-11(14)4-3-5-12(10)15/h3-5,9,19H,2,6-8H2,1H3. The highest BCUT2D eigenvalue weighted by atomic mass is 19.4. The van der Waals surface area contributed by atoms with Gasteiger partial charge in [0.15, 0.2) is 0 Å². The highest BCUT2D eigenvalue weighted by molar-refractivity contribution is 5.20. The molecule has 0 saturated heterocycles. The summed E-state index contributed by atoms with van der Waals surface area (Å²) in [4.78, 5) is 0. The second-order valence-corrected chi connectivity index (χ2v) is 4.29. The zero-order chi connectivity index (χ0) is 15.2. The molecule has 0 aliphatic carbocycles. The normalized spacial score (nSPS) is 13.5. The summed E-state index contributed by atoms with van der Waals surface area (Å²) in [5, 5.41) is 2.85. The van der Waals surface area contributed by atoms with Gasteiger partial charge in [-0.3, -0.25) is 0 Å². The minimum Gasteiger partial charge on any atom is -0.370 e. The first-order valence-corrected chi connectivity index (χ1v) is 6.14. The van der Waals surface area contributed by atoms with Crippen molar-refractivity contribution in [1.82, 2.24) is 5.32 Å². The van der Waals surface area contributed by atoms with E-state index in [1.807, 2.05) is 0 Å². The van der Waals surface area contributed by atoms with Gasteiger partial charge in [-0.1, -0.05) is 13.0 Å². The van der Waals surface area contributed by atoms with Crippen LogP contribution in [0.25, 0.3) is 0 Å². The molecule has 0 spiro atoms. The lowest BCUT2D eigenvalue weighted by molar-refractivity contribution is -0.175. The van der Waals surface area contributed by atoms with E-state index in [4.69, 9.17) is 0 Å². The Kier molecular flexibility index (Phi) is 6.35. The zero-order valence-corrected chi connectivity index (χ0v) is 10.9. The topological polar surface area (TPSA) is 21.3 Å². The van der Waals surface area contributed by atoms with E-state index >= 15 is 0 Å². The molecule has 0 aliphatic rings. The van der Waals surface area contributed by atoms with E-state index in [9.17, 15) is 22.0 Å². The van der Waals surface area contributed by atoms with Crippen molar-refractivity contribution in [3.8, 4) is 0 Å². The van der Waals surface area contributed by atoms with Crippen molar-refractivity contribution in [2.45, 2.75) is 25.6 Å². The minimum atomic E-state index is -4.42. The Hall–Kier alpha value is -1.21. The molecule has 0 saturated carbocycles. The molecule has 0 amide bonds. The summed E-state index contributed by atoms with van der Waals surface area (Å²) < 4.78 is 67.4. The van der Waals surface area contributed by atoms with Gasteiger partial charge in [0.1, 0.15) is 18.2 Å². The highest BCUT2D eigenvalue weighted by Gasteiger charge is 2.28. The van der Waals surface area contributed by atoms with E-state index in [1.165, 1.54) is 6.07 Å². The molecule has 1 rings (SSSR count). The summed E-state index contributed by atoms with van der Waals surface area (Å²) >= 11 is 0. The van der Waals surface area contributed by atoms with Gasteiger partial charge in [-0.05, 0) is 25.1 Å². The lowest BCUT2D eigenvalue weighted by atomic mass is 10.1. The van der Waals surface area contributed by atoms with Gasteiger partial charge in [0.25, 0.3) is 0 Å². The van der Waals surface area contributed by atoms with Crippen LogP contribution in [0.2, 0.25) is 0 Å². The van der Waals surface area contributed by atoms with Gasteiger partial charge >= 0.3 is 6.18 Å². The zero-order valence-electron chi connectivity index (χ0n) is 10.9. The molecule has 114 valence electrons. The molecule has 1 atom stereocenters. The fourth-order valence-corrected chi connectivity index (χ4v) is 1.77. The number of alkyl halides is 3. The second-order valence-electron chi connectivity index (χ2n) is 4.29. The molecule has 0 fully saturated rings. The van der Waals surface area contributed by atoms with Gasteiger partial charge in [-0.2, -0.15) is 13.2 Å². The molecule has 1 aromatic carbocycles. The third-order valence-corrected chi connectivity index (χ3v) is 2.59. The molecule has 1 unspecified atom stereocenters. The van der Waals surface area contributed by atoms with Crippen LogP contribution in [0.4, 0.5) is 22.0 Å². The van der Waals surface area contributed by atoms with Crippen LogP contribution in [0.3, 0.4) is 0 Å². The Morgan fingerprint density at radius 2 is 1.80 bits per heavy atom. The van der Waals surface area contributed by atoms with Gasteiger partial charge < -0.3 is 10.1 Å². The Bertz CT molecular complexity index is 401. The van der Waals surface area contributed by atoms with E-state index in [0.29, 0.717) is 6.54 Å². The van der Waals surface area contributed by atoms with Crippen LogP contribution in [-0.2, 0) is 11.2 Å². The molecule has 7 heteroatoms. The molecule has 0 bridgehead atoms. The molecule has 1 aromatic rings. The Morgan fingerprint density at radius 1 is 1.20 bits per heavy atom. The number of hydrogen-bond acceptors (Lipinski definition) is 2. The maximum Gasteiger partial charge on any atom is 0.411 e. The summed E-state index contributed by atoms with van der Waals surface area (Å²) in [7, 11) is 0. The molecule has 0 aliphatic heterocycles. The monoisotopic (exact) mass is 297 g/mol. The molecule has 2 nitrogen and oxygen atoms in total. The Labute approximate surface area is 113 Å². The summed E-state index contributed by atoms with van der Waals surface area (Å²) in [5.74, 6) is -1.44. The summed E-state index contributed by atoms with van der Waals surface area (Å²) in [6, 6.07) is 2.86.